The quantitative estimate of drug-likeness (QED) is 0.701. The van der Waals surface area contributed by atoms with Crippen molar-refractivity contribution in [3.63, 3.8) is 0 Å². The lowest BCUT2D eigenvalue weighted by Crippen LogP contribution is -2.42. The first-order chi connectivity index (χ1) is 12.0. The fraction of sp³-hybridized carbons (Fsp3) is 0.632. The van der Waals surface area contributed by atoms with E-state index in [-0.39, 0.29) is 6.61 Å². The second-order valence-electron chi connectivity index (χ2n) is 6.60. The first kappa shape index (κ1) is 19.5. The molecule has 3 atom stereocenters. The van der Waals surface area contributed by atoms with Crippen LogP contribution in [0.15, 0.2) is 18.2 Å². The Balaban J connectivity index is 1.84. The van der Waals surface area contributed by atoms with Crippen LogP contribution >= 0.6 is 0 Å². The van der Waals surface area contributed by atoms with Crippen LogP contribution in [-0.2, 0) is 4.74 Å². The Morgan fingerprint density at radius 2 is 2.04 bits per heavy atom. The van der Waals surface area contributed by atoms with Crippen LogP contribution in [0.3, 0.4) is 0 Å². The van der Waals surface area contributed by atoms with Gasteiger partial charge < -0.3 is 24.6 Å². The Kier molecular flexibility index (Phi) is 7.52. The van der Waals surface area contributed by atoms with Crippen molar-refractivity contribution in [2.45, 2.75) is 44.8 Å². The predicted molar refractivity (Wildman–Crippen MR) is 95.3 cm³/mol. The highest BCUT2D eigenvalue weighted by Gasteiger charge is 2.21. The molecule has 0 radical (unpaired) electrons. The molecule has 0 saturated heterocycles. The lowest BCUT2D eigenvalue weighted by atomic mass is 9.86. The second-order valence-corrected chi connectivity index (χ2v) is 6.60. The van der Waals surface area contributed by atoms with E-state index in [0.717, 1.165) is 6.42 Å². The average molecular weight is 351 g/mol. The van der Waals surface area contributed by atoms with Crippen molar-refractivity contribution in [3.05, 3.63) is 23.8 Å². The molecule has 25 heavy (non-hydrogen) atoms. The summed E-state index contributed by atoms with van der Waals surface area (Å²) in [5.41, 5.74) is 0.389. The SMILES string of the molecule is COC(=O)c1ccc(OC[C@@H](O)CN[C@@H]2CCCC[C@@H]2C)c(OC)c1. The zero-order chi connectivity index (χ0) is 18.2. The van der Waals surface area contributed by atoms with Gasteiger partial charge >= 0.3 is 5.97 Å². The molecule has 0 aromatic heterocycles. The molecular weight excluding hydrogens is 322 g/mol. The summed E-state index contributed by atoms with van der Waals surface area (Å²) in [5.74, 6) is 1.13. The number of aliphatic hydroxyl groups is 1. The van der Waals surface area contributed by atoms with Crippen molar-refractivity contribution in [1.82, 2.24) is 5.32 Å². The van der Waals surface area contributed by atoms with E-state index < -0.39 is 12.1 Å². The molecule has 0 amide bonds. The number of ether oxygens (including phenoxy) is 3. The zero-order valence-corrected chi connectivity index (χ0v) is 15.3. The van der Waals surface area contributed by atoms with Crippen LogP contribution in [0, 0.1) is 5.92 Å². The van der Waals surface area contributed by atoms with E-state index in [0.29, 0.717) is 35.6 Å². The highest BCUT2D eigenvalue weighted by Crippen LogP contribution is 2.28. The van der Waals surface area contributed by atoms with Crippen LogP contribution < -0.4 is 14.8 Å². The molecule has 1 aromatic rings. The summed E-state index contributed by atoms with van der Waals surface area (Å²) >= 11 is 0. The number of hydrogen-bond acceptors (Lipinski definition) is 6. The number of hydrogen-bond donors (Lipinski definition) is 2. The number of rotatable bonds is 8. The normalized spacial score (nSPS) is 21.4. The van der Waals surface area contributed by atoms with Gasteiger partial charge in [0.25, 0.3) is 0 Å². The van der Waals surface area contributed by atoms with E-state index in [1.54, 1.807) is 18.2 Å². The van der Waals surface area contributed by atoms with Gasteiger partial charge in [-0.2, -0.15) is 0 Å². The molecule has 0 aliphatic heterocycles. The molecule has 1 aliphatic rings. The Morgan fingerprint density at radius 1 is 1.28 bits per heavy atom. The monoisotopic (exact) mass is 351 g/mol. The van der Waals surface area contributed by atoms with Crippen LogP contribution in [0.5, 0.6) is 11.5 Å². The third-order valence-corrected chi connectivity index (χ3v) is 4.74. The number of esters is 1. The maximum absolute atomic E-state index is 11.6. The van der Waals surface area contributed by atoms with Crippen LogP contribution in [0.1, 0.15) is 43.0 Å². The minimum absolute atomic E-state index is 0.155. The minimum Gasteiger partial charge on any atom is -0.493 e. The summed E-state index contributed by atoms with van der Waals surface area (Å²) in [6.45, 7) is 2.91. The van der Waals surface area contributed by atoms with Gasteiger partial charge in [-0.3, -0.25) is 0 Å². The molecule has 6 heteroatoms. The first-order valence-corrected chi connectivity index (χ1v) is 8.85. The largest absolute Gasteiger partial charge is 0.493 e. The molecule has 140 valence electrons. The van der Waals surface area contributed by atoms with Crippen molar-refractivity contribution in [3.8, 4) is 11.5 Å². The highest BCUT2D eigenvalue weighted by molar-refractivity contribution is 5.90. The zero-order valence-electron chi connectivity index (χ0n) is 15.3. The molecule has 0 spiro atoms. The number of carbonyl (C=O) groups excluding carboxylic acids is 1. The van der Waals surface area contributed by atoms with E-state index in [1.165, 1.54) is 33.5 Å². The third-order valence-electron chi connectivity index (χ3n) is 4.74. The molecule has 0 bridgehead atoms. The second kappa shape index (κ2) is 9.63. The van der Waals surface area contributed by atoms with Crippen molar-refractivity contribution in [2.75, 3.05) is 27.4 Å². The smallest absolute Gasteiger partial charge is 0.337 e. The fourth-order valence-electron chi connectivity index (χ4n) is 3.18. The summed E-state index contributed by atoms with van der Waals surface area (Å²) in [6.07, 6.45) is 4.34. The van der Waals surface area contributed by atoms with Gasteiger partial charge in [-0.05, 0) is 37.0 Å². The van der Waals surface area contributed by atoms with Gasteiger partial charge in [-0.1, -0.05) is 19.8 Å². The van der Waals surface area contributed by atoms with E-state index in [2.05, 4.69) is 17.0 Å². The maximum atomic E-state index is 11.6. The maximum Gasteiger partial charge on any atom is 0.337 e. The van der Waals surface area contributed by atoms with Crippen molar-refractivity contribution >= 4 is 5.97 Å². The Morgan fingerprint density at radius 3 is 2.72 bits per heavy atom. The van der Waals surface area contributed by atoms with E-state index in [1.807, 2.05) is 0 Å². The van der Waals surface area contributed by atoms with E-state index in [9.17, 15) is 9.90 Å². The first-order valence-electron chi connectivity index (χ1n) is 8.85. The molecule has 1 fully saturated rings. The summed E-state index contributed by atoms with van der Waals surface area (Å²) in [6, 6.07) is 5.29. The molecule has 1 saturated carbocycles. The number of nitrogens with one attached hydrogen (secondary N) is 1. The number of methoxy groups -OCH3 is 2. The minimum atomic E-state index is -0.612. The lowest BCUT2D eigenvalue weighted by molar-refractivity contribution is 0.0600. The topological polar surface area (TPSA) is 77.0 Å². The van der Waals surface area contributed by atoms with Gasteiger partial charge in [-0.15, -0.1) is 0 Å². The summed E-state index contributed by atoms with van der Waals surface area (Å²) in [5, 5.41) is 13.6. The van der Waals surface area contributed by atoms with Gasteiger partial charge in [0, 0.05) is 12.6 Å². The van der Waals surface area contributed by atoms with Crippen LogP contribution in [0.25, 0.3) is 0 Å². The number of aliphatic hydroxyl groups excluding tert-OH is 1. The van der Waals surface area contributed by atoms with Crippen molar-refractivity contribution < 1.29 is 24.1 Å². The van der Waals surface area contributed by atoms with Crippen molar-refractivity contribution in [2.24, 2.45) is 5.92 Å². The molecule has 0 unspecified atom stereocenters. The summed E-state index contributed by atoms with van der Waals surface area (Å²) in [7, 11) is 2.83. The van der Waals surface area contributed by atoms with Crippen LogP contribution in [0.4, 0.5) is 0 Å². The Hall–Kier alpha value is -1.79. The molecular formula is C19H29NO5. The molecule has 6 nitrogen and oxygen atoms in total. The summed E-state index contributed by atoms with van der Waals surface area (Å²) < 4.78 is 15.6. The predicted octanol–water partition coefficient (Wildman–Crippen LogP) is 2.39. The molecule has 2 N–H and O–H groups in total. The van der Waals surface area contributed by atoms with Crippen molar-refractivity contribution in [1.29, 1.82) is 0 Å². The molecule has 1 aliphatic carbocycles. The number of carbonyl (C=O) groups is 1. The van der Waals surface area contributed by atoms with Gasteiger partial charge in [-0.25, -0.2) is 4.79 Å². The van der Waals surface area contributed by atoms with E-state index in [4.69, 9.17) is 9.47 Å². The third kappa shape index (κ3) is 5.61. The fourth-order valence-corrected chi connectivity index (χ4v) is 3.18. The van der Waals surface area contributed by atoms with Crippen LogP contribution in [-0.4, -0.2) is 50.6 Å². The van der Waals surface area contributed by atoms with Gasteiger partial charge in [0.05, 0.1) is 19.8 Å². The molecule has 1 aromatic carbocycles. The standard InChI is InChI=1S/C19H29NO5/c1-13-6-4-5-7-16(13)20-11-15(21)12-25-17-9-8-14(19(22)24-3)10-18(17)23-2/h8-10,13,15-16,20-21H,4-7,11-12H2,1-3H3/t13-,15-,16+/m0/s1. The van der Waals surface area contributed by atoms with Gasteiger partial charge in [0.2, 0.25) is 0 Å². The highest BCUT2D eigenvalue weighted by atomic mass is 16.5. The lowest BCUT2D eigenvalue weighted by Gasteiger charge is -2.30. The number of benzene rings is 1. The van der Waals surface area contributed by atoms with Gasteiger partial charge in [0.1, 0.15) is 12.7 Å². The Labute approximate surface area is 149 Å². The Bertz CT molecular complexity index is 563. The molecule has 2 rings (SSSR count). The van der Waals surface area contributed by atoms with Gasteiger partial charge in [0.15, 0.2) is 11.5 Å². The summed E-state index contributed by atoms with van der Waals surface area (Å²) in [4.78, 5) is 11.6. The average Bonchev–Trinajstić information content (AvgIpc) is 2.64. The molecule has 0 heterocycles. The van der Waals surface area contributed by atoms with E-state index >= 15 is 0 Å². The van der Waals surface area contributed by atoms with Crippen LogP contribution in [0.2, 0.25) is 0 Å².